The molecule has 1 saturated heterocycles. The van der Waals surface area contributed by atoms with Crippen LogP contribution in [0.1, 0.15) is 36.9 Å². The van der Waals surface area contributed by atoms with E-state index in [2.05, 4.69) is 10.6 Å². The fourth-order valence-corrected chi connectivity index (χ4v) is 3.73. The molecule has 2 atom stereocenters. The highest BCUT2D eigenvalue weighted by Gasteiger charge is 2.32. The molecule has 2 aromatic rings. The average molecular weight is 422 g/mol. The monoisotopic (exact) mass is 422 g/mol. The summed E-state index contributed by atoms with van der Waals surface area (Å²) in [6.07, 6.45) is 1.80. The van der Waals surface area contributed by atoms with Gasteiger partial charge in [0.15, 0.2) is 0 Å². The van der Waals surface area contributed by atoms with Crippen molar-refractivity contribution in [3.05, 3.63) is 77.0 Å². The van der Waals surface area contributed by atoms with Crippen LogP contribution in [0.5, 0.6) is 5.75 Å². The van der Waals surface area contributed by atoms with E-state index in [-0.39, 0.29) is 18.7 Å². The van der Waals surface area contributed by atoms with Crippen LogP contribution < -0.4 is 15.4 Å². The average Bonchev–Trinajstić information content (AvgIpc) is 3.30. The number of amides is 2. The van der Waals surface area contributed by atoms with Crippen LogP contribution in [0.2, 0.25) is 0 Å². The second kappa shape index (κ2) is 9.66. The van der Waals surface area contributed by atoms with Crippen molar-refractivity contribution in [3.8, 4) is 5.75 Å². The lowest BCUT2D eigenvalue weighted by Crippen LogP contribution is -2.45. The zero-order valence-corrected chi connectivity index (χ0v) is 17.4. The van der Waals surface area contributed by atoms with Crippen molar-refractivity contribution in [2.75, 3.05) is 13.2 Å². The van der Waals surface area contributed by atoms with Crippen molar-refractivity contribution in [1.29, 1.82) is 0 Å². The number of esters is 1. The highest BCUT2D eigenvalue weighted by Crippen LogP contribution is 2.29. The molecule has 1 fully saturated rings. The van der Waals surface area contributed by atoms with Gasteiger partial charge in [-0.3, -0.25) is 0 Å². The Morgan fingerprint density at radius 2 is 1.90 bits per heavy atom. The Balaban J connectivity index is 1.45. The van der Waals surface area contributed by atoms with Gasteiger partial charge >= 0.3 is 12.0 Å². The molecule has 0 bridgehead atoms. The van der Waals surface area contributed by atoms with E-state index in [1.807, 2.05) is 54.6 Å². The second-order valence-corrected chi connectivity index (χ2v) is 7.65. The smallest absolute Gasteiger partial charge is 0.338 e. The van der Waals surface area contributed by atoms with Gasteiger partial charge in [-0.1, -0.05) is 42.5 Å². The van der Waals surface area contributed by atoms with Crippen LogP contribution in [-0.2, 0) is 20.9 Å². The minimum atomic E-state index is -0.603. The Hall–Kier alpha value is -3.32. The molecule has 0 aromatic heterocycles. The van der Waals surface area contributed by atoms with Crippen molar-refractivity contribution >= 4 is 12.0 Å². The molecule has 7 heteroatoms. The summed E-state index contributed by atoms with van der Waals surface area (Å²) in [7, 11) is 0. The van der Waals surface area contributed by atoms with Crippen molar-refractivity contribution in [2.24, 2.45) is 0 Å². The van der Waals surface area contributed by atoms with Gasteiger partial charge in [-0.05, 0) is 43.0 Å². The molecule has 2 aliphatic rings. The molecule has 0 radical (unpaired) electrons. The fourth-order valence-electron chi connectivity index (χ4n) is 3.73. The maximum Gasteiger partial charge on any atom is 0.338 e. The molecule has 2 aromatic carbocycles. The molecule has 4 rings (SSSR count). The van der Waals surface area contributed by atoms with Gasteiger partial charge in [0.25, 0.3) is 0 Å². The molecule has 2 N–H and O–H groups in total. The molecule has 2 heterocycles. The van der Waals surface area contributed by atoms with Crippen LogP contribution in [-0.4, -0.2) is 31.3 Å². The Bertz CT molecular complexity index is 950. The number of carbonyl (C=O) groups is 2. The molecule has 2 amide bonds. The molecular formula is C24H26N2O5. The minimum Gasteiger partial charge on any atom is -0.489 e. The highest BCUT2D eigenvalue weighted by atomic mass is 16.6. The standard InChI is InChI=1S/C24H26N2O5/c1-16-21(23(27)31-15-20-8-5-13-29-20)22(26-24(28)25-16)18-9-11-19(12-10-18)30-14-17-6-3-2-4-7-17/h2-4,6-7,9-12,20,22H,5,8,13-15H2,1H3,(H2,25,26,28). The van der Waals surface area contributed by atoms with Gasteiger partial charge in [-0.25, -0.2) is 9.59 Å². The molecule has 2 unspecified atom stereocenters. The number of benzene rings is 2. The van der Waals surface area contributed by atoms with Gasteiger partial charge in [-0.15, -0.1) is 0 Å². The molecule has 0 saturated carbocycles. The van der Waals surface area contributed by atoms with Crippen LogP contribution in [0.3, 0.4) is 0 Å². The van der Waals surface area contributed by atoms with Gasteiger partial charge < -0.3 is 24.8 Å². The summed E-state index contributed by atoms with van der Waals surface area (Å²) in [6.45, 7) is 3.07. The minimum absolute atomic E-state index is 0.0597. The lowest BCUT2D eigenvalue weighted by Gasteiger charge is -2.28. The first-order chi connectivity index (χ1) is 15.1. The first-order valence-electron chi connectivity index (χ1n) is 10.4. The first kappa shape index (κ1) is 20.9. The quantitative estimate of drug-likeness (QED) is 0.666. The van der Waals surface area contributed by atoms with Crippen LogP contribution >= 0.6 is 0 Å². The van der Waals surface area contributed by atoms with Gasteiger partial charge in [0, 0.05) is 12.3 Å². The summed E-state index contributed by atoms with van der Waals surface area (Å²) in [6, 6.07) is 16.3. The maximum atomic E-state index is 12.8. The first-order valence-corrected chi connectivity index (χ1v) is 10.4. The number of hydrogen-bond donors (Lipinski definition) is 2. The molecule has 2 aliphatic heterocycles. The Morgan fingerprint density at radius 3 is 2.61 bits per heavy atom. The Labute approximate surface area is 181 Å². The Kier molecular flexibility index (Phi) is 6.52. The number of allylic oxidation sites excluding steroid dienone is 1. The Morgan fingerprint density at radius 1 is 1.13 bits per heavy atom. The lowest BCUT2D eigenvalue weighted by atomic mass is 9.95. The summed E-state index contributed by atoms with van der Waals surface area (Å²) < 4.78 is 16.8. The van der Waals surface area contributed by atoms with Gasteiger partial charge in [0.2, 0.25) is 0 Å². The number of carbonyl (C=O) groups excluding carboxylic acids is 2. The van der Waals surface area contributed by atoms with Crippen molar-refractivity contribution in [1.82, 2.24) is 10.6 Å². The molecule has 0 aliphatic carbocycles. The summed E-state index contributed by atoms with van der Waals surface area (Å²) in [5.74, 6) is 0.242. The molecule has 162 valence electrons. The maximum absolute atomic E-state index is 12.8. The molecule has 7 nitrogen and oxygen atoms in total. The van der Waals surface area contributed by atoms with Crippen LogP contribution in [0.25, 0.3) is 0 Å². The summed E-state index contributed by atoms with van der Waals surface area (Å²) in [5.41, 5.74) is 2.71. The van der Waals surface area contributed by atoms with E-state index in [0.29, 0.717) is 30.2 Å². The van der Waals surface area contributed by atoms with E-state index >= 15 is 0 Å². The SMILES string of the molecule is CC1=C(C(=O)OCC2CCCO2)C(c2ccc(OCc3ccccc3)cc2)NC(=O)N1. The number of ether oxygens (including phenoxy) is 3. The largest absolute Gasteiger partial charge is 0.489 e. The third-order valence-corrected chi connectivity index (χ3v) is 5.38. The van der Waals surface area contributed by atoms with Gasteiger partial charge in [0.05, 0.1) is 17.7 Å². The van der Waals surface area contributed by atoms with E-state index < -0.39 is 12.0 Å². The number of nitrogens with one attached hydrogen (secondary N) is 2. The molecule has 0 spiro atoms. The predicted octanol–water partition coefficient (Wildman–Crippen LogP) is 3.62. The number of urea groups is 1. The number of rotatable bonds is 7. The van der Waals surface area contributed by atoms with Crippen LogP contribution in [0.4, 0.5) is 4.79 Å². The highest BCUT2D eigenvalue weighted by molar-refractivity contribution is 5.95. The van der Waals surface area contributed by atoms with E-state index in [0.717, 1.165) is 24.0 Å². The third-order valence-electron chi connectivity index (χ3n) is 5.38. The van der Waals surface area contributed by atoms with Crippen molar-refractivity contribution in [3.63, 3.8) is 0 Å². The van der Waals surface area contributed by atoms with Crippen molar-refractivity contribution < 1.29 is 23.8 Å². The van der Waals surface area contributed by atoms with E-state index in [4.69, 9.17) is 14.2 Å². The summed E-state index contributed by atoms with van der Waals surface area (Å²) in [5, 5.41) is 5.48. The topological polar surface area (TPSA) is 85.9 Å². The second-order valence-electron chi connectivity index (χ2n) is 7.65. The van der Waals surface area contributed by atoms with E-state index in [1.54, 1.807) is 6.92 Å². The zero-order chi connectivity index (χ0) is 21.6. The van der Waals surface area contributed by atoms with Gasteiger partial charge in [0.1, 0.15) is 19.0 Å². The molecular weight excluding hydrogens is 396 g/mol. The summed E-state index contributed by atoms with van der Waals surface area (Å²) in [4.78, 5) is 24.9. The normalized spacial score (nSPS) is 20.7. The van der Waals surface area contributed by atoms with E-state index in [9.17, 15) is 9.59 Å². The third kappa shape index (κ3) is 5.24. The van der Waals surface area contributed by atoms with E-state index in [1.165, 1.54) is 0 Å². The number of hydrogen-bond acceptors (Lipinski definition) is 5. The summed E-state index contributed by atoms with van der Waals surface area (Å²) >= 11 is 0. The fraction of sp³-hybridized carbons (Fsp3) is 0.333. The van der Waals surface area contributed by atoms with Gasteiger partial charge in [-0.2, -0.15) is 0 Å². The van der Waals surface area contributed by atoms with Crippen LogP contribution in [0.15, 0.2) is 65.9 Å². The molecule has 31 heavy (non-hydrogen) atoms. The predicted molar refractivity (Wildman–Crippen MR) is 114 cm³/mol. The van der Waals surface area contributed by atoms with Crippen molar-refractivity contribution in [2.45, 2.75) is 38.5 Å². The van der Waals surface area contributed by atoms with Crippen LogP contribution in [0, 0.1) is 0 Å². The zero-order valence-electron chi connectivity index (χ0n) is 17.4. The lowest BCUT2D eigenvalue weighted by molar-refractivity contribution is -0.142.